The number of rotatable bonds is 17. The van der Waals surface area contributed by atoms with Crippen molar-refractivity contribution < 1.29 is 23.5 Å². The Morgan fingerprint density at radius 3 is 2.50 bits per heavy atom. The summed E-state index contributed by atoms with van der Waals surface area (Å²) in [6.45, 7) is 9.60. The molecule has 2 atom stereocenters. The zero-order valence-electron chi connectivity index (χ0n) is 17.9. The first kappa shape index (κ1) is 26.5. The molecule has 28 heavy (non-hydrogen) atoms. The maximum atomic E-state index is 12.0. The number of unbranched alkanes of at least 4 members (excludes halogenated alkanes) is 3. The summed E-state index contributed by atoms with van der Waals surface area (Å²) in [7, 11) is 1.53. The second kappa shape index (κ2) is 16.2. The number of nitrogens with zero attached hydrogens (tertiary/aromatic N) is 1. The standard InChI is InChI=1S/C19H39N2O4PS2/c1-4-21(5-2,6-3)25-26(23)24-16-11-7-10-15-20-19(22)13-9-8-12-18-14-17-27-28-18/h18,26H,4-17H2,1-3H3/q+1/p+1. The lowest BCUT2D eigenvalue weighted by molar-refractivity contribution is -1.08. The number of carbonyl (C=O) groups excluding carboxylic acids is 1. The van der Waals surface area contributed by atoms with Gasteiger partial charge in [-0.2, -0.15) is 4.52 Å². The molecule has 165 valence electrons. The molecule has 1 N–H and O–H groups in total. The molecule has 1 heterocycles. The highest BCUT2D eigenvalue weighted by Gasteiger charge is 2.35. The SMILES string of the molecule is CC[N+](CC)(CC)O[PH+]([O])OCCCCCNC(=O)CCCCC1CCSS1. The average Bonchev–Trinajstić information content (AvgIpc) is 3.22. The molecule has 1 amide bonds. The third-order valence-corrected chi connectivity index (χ3v) is 9.25. The van der Waals surface area contributed by atoms with E-state index in [-0.39, 0.29) is 5.91 Å². The number of amides is 1. The highest BCUT2D eigenvalue weighted by Crippen LogP contribution is 2.40. The van der Waals surface area contributed by atoms with Crippen molar-refractivity contribution in [1.29, 1.82) is 0 Å². The Balaban J connectivity index is 1.92. The second-order valence-corrected chi connectivity index (χ2v) is 10.9. The lowest BCUT2D eigenvalue weighted by Crippen LogP contribution is -2.45. The summed E-state index contributed by atoms with van der Waals surface area (Å²) in [4.78, 5) is 23.8. The van der Waals surface area contributed by atoms with E-state index in [0.717, 1.165) is 57.0 Å². The molecule has 9 heteroatoms. The number of hydrogen-bond acceptors (Lipinski definition) is 5. The van der Waals surface area contributed by atoms with E-state index in [9.17, 15) is 9.69 Å². The summed E-state index contributed by atoms with van der Waals surface area (Å²) in [5, 5.41) is 3.80. The van der Waals surface area contributed by atoms with E-state index in [1.165, 1.54) is 18.6 Å². The largest absolute Gasteiger partial charge is 0.507 e. The number of nitrogens with one attached hydrogen (secondary N) is 1. The second-order valence-electron chi connectivity index (χ2n) is 7.18. The van der Waals surface area contributed by atoms with Crippen LogP contribution >= 0.6 is 30.2 Å². The zero-order chi connectivity index (χ0) is 20.7. The molecule has 0 aromatic rings. The first-order chi connectivity index (χ1) is 13.5. The molecule has 0 aromatic carbocycles. The molecule has 0 aliphatic carbocycles. The van der Waals surface area contributed by atoms with Gasteiger partial charge in [0.25, 0.3) is 0 Å². The van der Waals surface area contributed by atoms with E-state index < -0.39 is 8.60 Å². The minimum atomic E-state index is -2.46. The summed E-state index contributed by atoms with van der Waals surface area (Å²) < 4.78 is 11.4. The van der Waals surface area contributed by atoms with Crippen molar-refractivity contribution in [3.63, 3.8) is 0 Å². The Morgan fingerprint density at radius 2 is 1.86 bits per heavy atom. The van der Waals surface area contributed by atoms with Gasteiger partial charge in [-0.3, -0.25) is 4.79 Å². The summed E-state index contributed by atoms with van der Waals surface area (Å²) in [6, 6.07) is 0. The van der Waals surface area contributed by atoms with Crippen LogP contribution in [0.1, 0.15) is 72.1 Å². The Morgan fingerprint density at radius 1 is 1.11 bits per heavy atom. The summed E-state index contributed by atoms with van der Waals surface area (Å²) in [6.07, 6.45) is 8.04. The van der Waals surface area contributed by atoms with Crippen LogP contribution in [0.3, 0.4) is 0 Å². The molecule has 6 nitrogen and oxygen atoms in total. The smallest absolute Gasteiger partial charge is 0.356 e. The Hall–Kier alpha value is 0.440. The average molecular weight is 456 g/mol. The van der Waals surface area contributed by atoms with Crippen LogP contribution < -0.4 is 5.32 Å². The normalized spacial score (nSPS) is 18.4. The molecule has 0 spiro atoms. The van der Waals surface area contributed by atoms with Crippen LogP contribution in [-0.2, 0) is 18.8 Å². The van der Waals surface area contributed by atoms with Gasteiger partial charge in [-0.25, -0.2) is 0 Å². The van der Waals surface area contributed by atoms with Gasteiger partial charge in [0, 0.05) is 33.5 Å². The number of hydrogen-bond donors (Lipinski definition) is 1. The van der Waals surface area contributed by atoms with Gasteiger partial charge < -0.3 is 5.32 Å². The van der Waals surface area contributed by atoms with Gasteiger partial charge in [0.2, 0.25) is 5.91 Å². The van der Waals surface area contributed by atoms with Crippen LogP contribution in [-0.4, -0.2) is 54.3 Å². The van der Waals surface area contributed by atoms with Crippen molar-refractivity contribution in [3.05, 3.63) is 0 Å². The van der Waals surface area contributed by atoms with Gasteiger partial charge in [0.1, 0.15) is 19.6 Å². The first-order valence-electron chi connectivity index (χ1n) is 10.8. The van der Waals surface area contributed by atoms with E-state index in [1.807, 2.05) is 42.4 Å². The molecule has 0 aromatic heterocycles. The first-order valence-corrected chi connectivity index (χ1v) is 14.4. The van der Waals surface area contributed by atoms with E-state index in [0.29, 0.717) is 24.2 Å². The van der Waals surface area contributed by atoms with E-state index >= 15 is 0 Å². The molecule has 1 radical (unpaired) electrons. The lowest BCUT2D eigenvalue weighted by atomic mass is 10.1. The summed E-state index contributed by atoms with van der Waals surface area (Å²) in [5.74, 6) is 1.44. The predicted octanol–water partition coefficient (Wildman–Crippen LogP) is 5.20. The van der Waals surface area contributed by atoms with E-state index in [4.69, 9.17) is 9.15 Å². The van der Waals surface area contributed by atoms with Gasteiger partial charge >= 0.3 is 8.60 Å². The molecule has 0 bridgehead atoms. The summed E-state index contributed by atoms with van der Waals surface area (Å²) >= 11 is 0. The monoisotopic (exact) mass is 455 g/mol. The van der Waals surface area contributed by atoms with E-state index in [2.05, 4.69) is 5.32 Å². The maximum Gasteiger partial charge on any atom is 0.507 e. The number of quaternary nitrogens is 1. The van der Waals surface area contributed by atoms with Crippen LogP contribution in [0.5, 0.6) is 0 Å². The van der Waals surface area contributed by atoms with Crippen molar-refractivity contribution in [2.45, 2.75) is 77.4 Å². The predicted molar refractivity (Wildman–Crippen MR) is 122 cm³/mol. The van der Waals surface area contributed by atoms with Crippen molar-refractivity contribution in [1.82, 2.24) is 5.32 Å². The molecule has 1 rings (SSSR count). The van der Waals surface area contributed by atoms with Crippen LogP contribution in [0.25, 0.3) is 0 Å². The van der Waals surface area contributed by atoms with Crippen molar-refractivity contribution in [2.24, 2.45) is 0 Å². The van der Waals surface area contributed by atoms with Crippen LogP contribution in [0.2, 0.25) is 0 Å². The van der Waals surface area contributed by atoms with Crippen molar-refractivity contribution in [2.75, 3.05) is 38.5 Å². The fraction of sp³-hybridized carbons (Fsp3) is 0.947. The molecule has 1 saturated heterocycles. The van der Waals surface area contributed by atoms with Gasteiger partial charge in [0.15, 0.2) is 0 Å². The van der Waals surface area contributed by atoms with Gasteiger partial charge in [-0.15, -0.1) is 4.65 Å². The highest BCUT2D eigenvalue weighted by atomic mass is 33.1. The van der Waals surface area contributed by atoms with Crippen LogP contribution in [0, 0.1) is 0 Å². The Labute approximate surface area is 180 Å². The van der Waals surface area contributed by atoms with Crippen LogP contribution in [0.4, 0.5) is 0 Å². The molecule has 2 unspecified atom stereocenters. The molecular weight excluding hydrogens is 415 g/mol. The molecule has 1 fully saturated rings. The molecular formula is C19H40N2O4PS2+2. The topological polar surface area (TPSA) is 67.5 Å². The quantitative estimate of drug-likeness (QED) is 0.107. The van der Waals surface area contributed by atoms with Gasteiger partial charge in [-0.05, 0) is 59.3 Å². The van der Waals surface area contributed by atoms with Gasteiger partial charge in [-0.1, -0.05) is 28.0 Å². The fourth-order valence-corrected chi connectivity index (χ4v) is 7.24. The summed E-state index contributed by atoms with van der Waals surface area (Å²) in [5.41, 5.74) is 0. The Kier molecular flexibility index (Phi) is 15.3. The van der Waals surface area contributed by atoms with Crippen LogP contribution in [0.15, 0.2) is 0 Å². The lowest BCUT2D eigenvalue weighted by Gasteiger charge is -2.27. The highest BCUT2D eigenvalue weighted by molar-refractivity contribution is 8.77. The third-order valence-electron chi connectivity index (χ3n) is 5.27. The molecule has 1 aliphatic heterocycles. The molecule has 0 saturated carbocycles. The zero-order valence-corrected chi connectivity index (χ0v) is 20.5. The van der Waals surface area contributed by atoms with E-state index in [1.54, 1.807) is 0 Å². The van der Waals surface area contributed by atoms with Crippen molar-refractivity contribution in [3.8, 4) is 0 Å². The van der Waals surface area contributed by atoms with Gasteiger partial charge in [0.05, 0.1) is 6.61 Å². The maximum absolute atomic E-state index is 12.0. The molecule has 1 aliphatic rings. The minimum absolute atomic E-state index is 0.163. The number of carbonyl (C=O) groups is 1. The third kappa shape index (κ3) is 11.6. The fourth-order valence-electron chi connectivity index (χ4n) is 3.15. The Bertz CT molecular complexity index is 403. The van der Waals surface area contributed by atoms with Crippen molar-refractivity contribution >= 4 is 36.1 Å². The number of hydroxylamine groups is 3. The minimum Gasteiger partial charge on any atom is -0.356 e.